The van der Waals surface area contributed by atoms with Crippen molar-refractivity contribution in [3.8, 4) is 11.3 Å². The second-order valence-electron chi connectivity index (χ2n) is 12.5. The number of carbonyl (C=O) groups is 1. The van der Waals surface area contributed by atoms with Crippen LogP contribution in [0.15, 0.2) is 47.5 Å². The van der Waals surface area contributed by atoms with E-state index in [9.17, 15) is 9.59 Å². The number of rotatable bonds is 5. The fourth-order valence-electron chi connectivity index (χ4n) is 5.75. The molecule has 0 spiro atoms. The van der Waals surface area contributed by atoms with Gasteiger partial charge < -0.3 is 5.73 Å². The quantitative estimate of drug-likeness (QED) is 0.415. The monoisotopic (exact) mass is 515 g/mol. The van der Waals surface area contributed by atoms with Crippen molar-refractivity contribution in [1.82, 2.24) is 28.9 Å². The van der Waals surface area contributed by atoms with E-state index in [2.05, 4.69) is 45.7 Å². The van der Waals surface area contributed by atoms with E-state index in [1.807, 2.05) is 27.4 Å². The number of hydrogen-bond donors (Lipinski definition) is 1. The summed E-state index contributed by atoms with van der Waals surface area (Å²) in [7, 11) is 1.80. The molecule has 0 saturated heterocycles. The maximum atomic E-state index is 13.0. The highest BCUT2D eigenvalue weighted by Crippen LogP contribution is 2.50. The summed E-state index contributed by atoms with van der Waals surface area (Å²) in [5, 5.41) is 4.70. The average Bonchev–Trinajstić information content (AvgIpc) is 3.40. The number of aromatic nitrogens is 6. The summed E-state index contributed by atoms with van der Waals surface area (Å²) in [6.07, 6.45) is 6.22. The molecule has 1 aliphatic rings. The maximum Gasteiger partial charge on any atom is 0.330 e. The van der Waals surface area contributed by atoms with Gasteiger partial charge in [-0.15, -0.1) is 0 Å². The molecule has 1 saturated carbocycles. The number of imidazole rings is 1. The van der Waals surface area contributed by atoms with Gasteiger partial charge in [0.1, 0.15) is 0 Å². The number of carbonyl (C=O) groups excluding carboxylic acids is 1. The van der Waals surface area contributed by atoms with Gasteiger partial charge in [-0.2, -0.15) is 5.10 Å². The molecule has 4 heterocycles. The lowest BCUT2D eigenvalue weighted by molar-refractivity contribution is 0.0984. The van der Waals surface area contributed by atoms with E-state index in [-0.39, 0.29) is 34.2 Å². The lowest BCUT2D eigenvalue weighted by atomic mass is 9.68. The average molecular weight is 516 g/mol. The summed E-state index contributed by atoms with van der Waals surface area (Å²) in [5.41, 5.74) is 10.1. The number of primary amides is 1. The summed E-state index contributed by atoms with van der Waals surface area (Å²) in [4.78, 5) is 34.3. The van der Waals surface area contributed by atoms with Gasteiger partial charge in [0, 0.05) is 43.2 Å². The molecule has 2 N–H and O–H groups in total. The van der Waals surface area contributed by atoms with Gasteiger partial charge in [-0.1, -0.05) is 34.6 Å². The molecular weight excluding hydrogens is 478 g/mol. The second-order valence-corrected chi connectivity index (χ2v) is 12.5. The molecule has 1 amide bonds. The minimum Gasteiger partial charge on any atom is -0.364 e. The number of fused-ring (bicyclic) bond motifs is 1. The Labute approximate surface area is 222 Å². The lowest BCUT2D eigenvalue weighted by Crippen LogP contribution is -2.34. The van der Waals surface area contributed by atoms with E-state index >= 15 is 0 Å². The molecule has 0 radical (unpaired) electrons. The van der Waals surface area contributed by atoms with Crippen molar-refractivity contribution in [1.29, 1.82) is 0 Å². The predicted octanol–water partition coefficient (Wildman–Crippen LogP) is 4.67. The molecule has 1 fully saturated rings. The topological polar surface area (TPSA) is 114 Å². The van der Waals surface area contributed by atoms with Crippen LogP contribution in [0.3, 0.4) is 0 Å². The highest BCUT2D eigenvalue weighted by molar-refractivity contribution is 5.92. The van der Waals surface area contributed by atoms with Crippen molar-refractivity contribution in [3.63, 3.8) is 0 Å². The zero-order valence-electron chi connectivity index (χ0n) is 23.1. The molecule has 2 unspecified atom stereocenters. The third kappa shape index (κ3) is 4.66. The molecule has 9 heteroatoms. The van der Waals surface area contributed by atoms with Gasteiger partial charge >= 0.3 is 5.69 Å². The van der Waals surface area contributed by atoms with Crippen molar-refractivity contribution in [3.05, 3.63) is 64.6 Å². The van der Waals surface area contributed by atoms with E-state index in [1.54, 1.807) is 30.1 Å². The van der Waals surface area contributed by atoms with Crippen LogP contribution in [0.4, 0.5) is 0 Å². The van der Waals surface area contributed by atoms with Gasteiger partial charge in [0.25, 0.3) is 5.91 Å². The zero-order chi connectivity index (χ0) is 27.4. The third-order valence-corrected chi connectivity index (χ3v) is 7.86. The highest BCUT2D eigenvalue weighted by Gasteiger charge is 2.40. The molecule has 0 aromatic carbocycles. The van der Waals surface area contributed by atoms with Gasteiger partial charge in [-0.25, -0.2) is 9.78 Å². The number of amides is 1. The fraction of sp³-hybridized carbons (Fsp3) is 0.483. The Bertz CT molecular complexity index is 1550. The summed E-state index contributed by atoms with van der Waals surface area (Å²) in [6.45, 7) is 11.5. The van der Waals surface area contributed by atoms with Crippen molar-refractivity contribution in [2.45, 2.75) is 72.4 Å². The van der Waals surface area contributed by atoms with Crippen LogP contribution >= 0.6 is 0 Å². The molecule has 200 valence electrons. The SMILES string of the molecule is Cn1c(=O)n(CC(C)(C)C)c2ccc(C3CCC(C)(C)C(n4nc(C(N)=O)cc4-c4ccncc4)C3)nc21. The van der Waals surface area contributed by atoms with Crippen molar-refractivity contribution in [2.24, 2.45) is 23.6 Å². The van der Waals surface area contributed by atoms with Crippen molar-refractivity contribution in [2.75, 3.05) is 0 Å². The van der Waals surface area contributed by atoms with Gasteiger partial charge in [0.05, 0.1) is 17.3 Å². The van der Waals surface area contributed by atoms with Crippen molar-refractivity contribution < 1.29 is 4.79 Å². The number of nitrogens with zero attached hydrogens (tertiary/aromatic N) is 6. The van der Waals surface area contributed by atoms with Crippen LogP contribution in [-0.2, 0) is 13.6 Å². The van der Waals surface area contributed by atoms with Crippen LogP contribution in [0.1, 0.15) is 82.0 Å². The Hall–Kier alpha value is -3.75. The van der Waals surface area contributed by atoms with Crippen LogP contribution in [0.2, 0.25) is 0 Å². The second kappa shape index (κ2) is 9.22. The first kappa shape index (κ1) is 25.9. The molecule has 38 heavy (non-hydrogen) atoms. The Morgan fingerprint density at radius 2 is 1.87 bits per heavy atom. The zero-order valence-corrected chi connectivity index (χ0v) is 23.1. The van der Waals surface area contributed by atoms with Crippen LogP contribution < -0.4 is 11.4 Å². The standard InChI is InChI=1S/C29H37N7O2/c1-28(2,3)17-35-22-8-7-20(32-26(22)34(6)27(35)38)19-9-12-29(4,5)24(15-19)36-23(16-21(33-36)25(30)37)18-10-13-31-14-11-18/h7-8,10-11,13-14,16,19,24H,9,12,15,17H2,1-6H3,(H2,30,37). The van der Waals surface area contributed by atoms with Gasteiger partial charge in [-0.3, -0.25) is 23.6 Å². The highest BCUT2D eigenvalue weighted by atomic mass is 16.2. The summed E-state index contributed by atoms with van der Waals surface area (Å²) >= 11 is 0. The lowest BCUT2D eigenvalue weighted by Gasteiger charge is -2.42. The summed E-state index contributed by atoms with van der Waals surface area (Å²) in [5.74, 6) is -0.359. The van der Waals surface area contributed by atoms with E-state index in [0.29, 0.717) is 12.2 Å². The molecule has 5 rings (SSSR count). The van der Waals surface area contributed by atoms with Crippen LogP contribution in [0.5, 0.6) is 0 Å². The van der Waals surface area contributed by atoms with E-state index in [0.717, 1.165) is 41.7 Å². The largest absolute Gasteiger partial charge is 0.364 e. The Morgan fingerprint density at radius 1 is 1.16 bits per heavy atom. The number of aryl methyl sites for hydroxylation is 1. The van der Waals surface area contributed by atoms with Gasteiger partial charge in [-0.05, 0) is 60.4 Å². The predicted molar refractivity (Wildman–Crippen MR) is 148 cm³/mol. The molecule has 0 aliphatic heterocycles. The first-order valence-electron chi connectivity index (χ1n) is 13.2. The smallest absolute Gasteiger partial charge is 0.330 e. The fourth-order valence-corrected chi connectivity index (χ4v) is 5.75. The number of pyridine rings is 2. The molecule has 9 nitrogen and oxygen atoms in total. The van der Waals surface area contributed by atoms with Crippen LogP contribution in [0, 0.1) is 10.8 Å². The molecule has 1 aliphatic carbocycles. The van der Waals surface area contributed by atoms with Crippen molar-refractivity contribution >= 4 is 17.1 Å². The molecule has 4 aromatic rings. The Balaban J connectivity index is 1.55. The number of nitrogens with two attached hydrogens (primary N) is 1. The minimum absolute atomic E-state index is 0.0179. The molecule has 0 bridgehead atoms. The molecule has 2 atom stereocenters. The van der Waals surface area contributed by atoms with Gasteiger partial charge in [0.15, 0.2) is 11.3 Å². The van der Waals surface area contributed by atoms with Crippen LogP contribution in [-0.4, -0.2) is 34.8 Å². The van der Waals surface area contributed by atoms with E-state index in [1.165, 1.54) is 0 Å². The first-order chi connectivity index (χ1) is 17.9. The van der Waals surface area contributed by atoms with E-state index < -0.39 is 5.91 Å². The molecule has 4 aromatic heterocycles. The summed E-state index contributed by atoms with van der Waals surface area (Å²) in [6, 6.07) is 9.75. The van der Waals surface area contributed by atoms with E-state index in [4.69, 9.17) is 15.8 Å². The minimum atomic E-state index is -0.544. The van der Waals surface area contributed by atoms with Crippen LogP contribution in [0.25, 0.3) is 22.4 Å². The first-order valence-corrected chi connectivity index (χ1v) is 13.2. The Kier molecular flexibility index (Phi) is 6.28. The Morgan fingerprint density at radius 3 is 2.53 bits per heavy atom. The van der Waals surface area contributed by atoms with Gasteiger partial charge in [0.2, 0.25) is 0 Å². The number of hydrogen-bond acceptors (Lipinski definition) is 5. The third-order valence-electron chi connectivity index (χ3n) is 7.86. The normalized spacial score (nSPS) is 19.6. The molecular formula is C29H37N7O2. The maximum absolute atomic E-state index is 13.0. The summed E-state index contributed by atoms with van der Waals surface area (Å²) < 4.78 is 5.47.